The molecule has 4 nitrogen and oxygen atoms in total. The van der Waals surface area contributed by atoms with Crippen LogP contribution in [0.15, 0.2) is 30.3 Å². The molecule has 3 rings (SSSR count). The van der Waals surface area contributed by atoms with Crippen LogP contribution < -0.4 is 10.4 Å². The number of benzene rings is 1. The molecule has 2 N–H and O–H groups in total. The molecule has 19 heavy (non-hydrogen) atoms. The van der Waals surface area contributed by atoms with Crippen LogP contribution in [-0.4, -0.2) is 36.9 Å². The van der Waals surface area contributed by atoms with Crippen molar-refractivity contribution in [2.24, 2.45) is 5.92 Å². The van der Waals surface area contributed by atoms with Crippen molar-refractivity contribution in [1.29, 1.82) is 5.41 Å². The summed E-state index contributed by atoms with van der Waals surface area (Å²) in [7, 11) is 0. The Kier molecular flexibility index (Phi) is 3.69. The number of rotatable bonds is 3. The van der Waals surface area contributed by atoms with Gasteiger partial charge in [0.1, 0.15) is 5.84 Å². The number of nitrogens with zero attached hydrogens (tertiary/aromatic N) is 2. The Balaban J connectivity index is 1.60. The summed E-state index contributed by atoms with van der Waals surface area (Å²) < 4.78 is 0. The third-order valence-corrected chi connectivity index (χ3v) is 4.06. The van der Waals surface area contributed by atoms with Gasteiger partial charge in [-0.15, -0.1) is 0 Å². The van der Waals surface area contributed by atoms with Crippen LogP contribution in [0, 0.1) is 11.3 Å². The van der Waals surface area contributed by atoms with Gasteiger partial charge in [-0.25, -0.2) is 0 Å². The smallest absolute Gasteiger partial charge is 0.118 e. The fourth-order valence-corrected chi connectivity index (χ4v) is 2.97. The van der Waals surface area contributed by atoms with Crippen LogP contribution in [0.2, 0.25) is 0 Å². The van der Waals surface area contributed by atoms with E-state index in [1.807, 2.05) is 18.2 Å². The SMILES string of the molecule is N=C1NN(c2ccccc2)CC1CN1CCCCC1. The molecule has 4 heteroatoms. The van der Waals surface area contributed by atoms with Gasteiger partial charge in [0, 0.05) is 6.54 Å². The molecule has 0 aromatic heterocycles. The maximum atomic E-state index is 8.12. The number of likely N-dealkylation sites (tertiary alicyclic amines) is 1. The summed E-state index contributed by atoms with van der Waals surface area (Å²) in [6.45, 7) is 4.33. The van der Waals surface area contributed by atoms with E-state index >= 15 is 0 Å². The Morgan fingerprint density at radius 1 is 1.11 bits per heavy atom. The van der Waals surface area contributed by atoms with Gasteiger partial charge < -0.3 is 4.90 Å². The second-order valence-corrected chi connectivity index (χ2v) is 5.53. The van der Waals surface area contributed by atoms with E-state index in [4.69, 9.17) is 5.41 Å². The molecule has 2 heterocycles. The zero-order valence-electron chi connectivity index (χ0n) is 11.3. The van der Waals surface area contributed by atoms with Gasteiger partial charge in [-0.1, -0.05) is 24.6 Å². The third kappa shape index (κ3) is 2.89. The second-order valence-electron chi connectivity index (χ2n) is 5.53. The first kappa shape index (κ1) is 12.5. The number of amidine groups is 1. The topological polar surface area (TPSA) is 42.4 Å². The largest absolute Gasteiger partial charge is 0.303 e. The third-order valence-electron chi connectivity index (χ3n) is 4.06. The number of anilines is 1. The lowest BCUT2D eigenvalue weighted by atomic mass is 10.1. The minimum Gasteiger partial charge on any atom is -0.303 e. The summed E-state index contributed by atoms with van der Waals surface area (Å²) in [6, 6.07) is 10.3. The highest BCUT2D eigenvalue weighted by Gasteiger charge is 2.29. The van der Waals surface area contributed by atoms with Crippen LogP contribution in [0.3, 0.4) is 0 Å². The van der Waals surface area contributed by atoms with Gasteiger partial charge in [-0.2, -0.15) is 0 Å². The molecule has 0 spiro atoms. The lowest BCUT2D eigenvalue weighted by Gasteiger charge is -2.28. The highest BCUT2D eigenvalue weighted by atomic mass is 15.5. The van der Waals surface area contributed by atoms with Crippen molar-refractivity contribution in [1.82, 2.24) is 10.3 Å². The van der Waals surface area contributed by atoms with Gasteiger partial charge in [0.15, 0.2) is 0 Å². The molecule has 2 aliphatic rings. The molecule has 0 aliphatic carbocycles. The zero-order valence-corrected chi connectivity index (χ0v) is 11.3. The molecule has 0 saturated carbocycles. The summed E-state index contributed by atoms with van der Waals surface area (Å²) in [6.07, 6.45) is 4.00. The molecule has 1 atom stereocenters. The molecule has 2 fully saturated rings. The quantitative estimate of drug-likeness (QED) is 0.872. The number of hydrogen-bond acceptors (Lipinski definition) is 3. The Bertz CT molecular complexity index is 425. The predicted molar refractivity (Wildman–Crippen MR) is 78.4 cm³/mol. The molecule has 0 amide bonds. The van der Waals surface area contributed by atoms with Gasteiger partial charge in [0.2, 0.25) is 0 Å². The number of para-hydroxylation sites is 1. The summed E-state index contributed by atoms with van der Waals surface area (Å²) in [5.74, 6) is 0.979. The Hall–Kier alpha value is -1.55. The van der Waals surface area contributed by atoms with Crippen LogP contribution in [0.5, 0.6) is 0 Å². The van der Waals surface area contributed by atoms with Crippen molar-refractivity contribution in [3.8, 4) is 0 Å². The second kappa shape index (κ2) is 5.61. The minimum atomic E-state index is 0.318. The summed E-state index contributed by atoms with van der Waals surface area (Å²) in [5.41, 5.74) is 4.35. The summed E-state index contributed by atoms with van der Waals surface area (Å²) in [5, 5.41) is 10.2. The molecule has 2 saturated heterocycles. The Morgan fingerprint density at radius 2 is 1.84 bits per heavy atom. The van der Waals surface area contributed by atoms with Crippen LogP contribution >= 0.6 is 0 Å². The number of piperidine rings is 1. The van der Waals surface area contributed by atoms with Gasteiger partial charge >= 0.3 is 0 Å². The van der Waals surface area contributed by atoms with Crippen LogP contribution in [-0.2, 0) is 0 Å². The van der Waals surface area contributed by atoms with E-state index < -0.39 is 0 Å². The lowest BCUT2D eigenvalue weighted by molar-refractivity contribution is 0.216. The maximum absolute atomic E-state index is 8.12. The predicted octanol–water partition coefficient (Wildman–Crippen LogP) is 2.09. The van der Waals surface area contributed by atoms with E-state index in [1.165, 1.54) is 32.4 Å². The molecular weight excluding hydrogens is 236 g/mol. The molecule has 1 aromatic carbocycles. The Morgan fingerprint density at radius 3 is 2.58 bits per heavy atom. The molecule has 0 bridgehead atoms. The van der Waals surface area contributed by atoms with Crippen LogP contribution in [0.25, 0.3) is 0 Å². The fraction of sp³-hybridized carbons (Fsp3) is 0.533. The molecule has 1 aromatic rings. The van der Waals surface area contributed by atoms with E-state index in [-0.39, 0.29) is 0 Å². The summed E-state index contributed by atoms with van der Waals surface area (Å²) >= 11 is 0. The van der Waals surface area contributed by atoms with Crippen molar-refractivity contribution >= 4 is 11.5 Å². The van der Waals surface area contributed by atoms with Crippen LogP contribution in [0.4, 0.5) is 5.69 Å². The van der Waals surface area contributed by atoms with E-state index in [0.29, 0.717) is 11.8 Å². The zero-order chi connectivity index (χ0) is 13.1. The number of hydrogen-bond donors (Lipinski definition) is 2. The number of hydrazine groups is 1. The molecule has 0 radical (unpaired) electrons. The average molecular weight is 258 g/mol. The molecule has 1 unspecified atom stereocenters. The molecule has 102 valence electrons. The number of nitrogens with one attached hydrogen (secondary N) is 2. The standard InChI is InChI=1S/C15H22N4/c16-15-13(11-18-9-5-2-6-10-18)12-19(17-15)14-7-3-1-4-8-14/h1,3-4,7-8,13H,2,5-6,9-12H2,(H2,16,17). The maximum Gasteiger partial charge on any atom is 0.118 e. The van der Waals surface area contributed by atoms with Crippen molar-refractivity contribution in [3.05, 3.63) is 30.3 Å². The lowest BCUT2D eigenvalue weighted by Crippen LogP contribution is -2.37. The van der Waals surface area contributed by atoms with Crippen molar-refractivity contribution in [2.45, 2.75) is 19.3 Å². The molecule has 2 aliphatic heterocycles. The first-order valence-corrected chi connectivity index (χ1v) is 7.23. The van der Waals surface area contributed by atoms with Gasteiger partial charge in [-0.3, -0.25) is 15.8 Å². The Labute approximate surface area is 114 Å². The minimum absolute atomic E-state index is 0.318. The first-order valence-electron chi connectivity index (χ1n) is 7.23. The van der Waals surface area contributed by atoms with Crippen molar-refractivity contribution in [3.63, 3.8) is 0 Å². The van der Waals surface area contributed by atoms with Crippen LogP contribution in [0.1, 0.15) is 19.3 Å². The van der Waals surface area contributed by atoms with Crippen molar-refractivity contribution in [2.75, 3.05) is 31.2 Å². The van der Waals surface area contributed by atoms with Gasteiger partial charge in [0.25, 0.3) is 0 Å². The van der Waals surface area contributed by atoms with Gasteiger partial charge in [0.05, 0.1) is 18.2 Å². The normalized spacial score (nSPS) is 24.5. The monoisotopic (exact) mass is 258 g/mol. The van der Waals surface area contributed by atoms with E-state index in [1.54, 1.807) is 0 Å². The first-order chi connectivity index (χ1) is 9.33. The fourth-order valence-electron chi connectivity index (χ4n) is 2.97. The van der Waals surface area contributed by atoms with E-state index in [9.17, 15) is 0 Å². The highest BCUT2D eigenvalue weighted by Crippen LogP contribution is 2.20. The molecular formula is C15H22N4. The summed E-state index contributed by atoms with van der Waals surface area (Å²) in [4.78, 5) is 2.51. The van der Waals surface area contributed by atoms with E-state index in [2.05, 4.69) is 27.5 Å². The van der Waals surface area contributed by atoms with Gasteiger partial charge in [-0.05, 0) is 38.1 Å². The van der Waals surface area contributed by atoms with E-state index in [0.717, 1.165) is 18.8 Å². The average Bonchev–Trinajstić information content (AvgIpc) is 2.82. The van der Waals surface area contributed by atoms with Crippen molar-refractivity contribution < 1.29 is 0 Å². The highest BCUT2D eigenvalue weighted by molar-refractivity contribution is 5.86.